The van der Waals surface area contributed by atoms with Crippen LogP contribution in [0.15, 0.2) is 42.9 Å². The van der Waals surface area contributed by atoms with Crippen LogP contribution in [0.3, 0.4) is 0 Å². The van der Waals surface area contributed by atoms with Crippen molar-refractivity contribution in [1.82, 2.24) is 14.8 Å². The number of nitrogens with zero attached hydrogens (tertiary/aromatic N) is 3. The molecule has 0 aliphatic heterocycles. The van der Waals surface area contributed by atoms with Crippen molar-refractivity contribution in [3.05, 3.63) is 48.4 Å². The van der Waals surface area contributed by atoms with Crippen LogP contribution in [0.4, 0.5) is 5.82 Å². The number of rotatable bonds is 5. The highest BCUT2D eigenvalue weighted by Gasteiger charge is 2.09. The summed E-state index contributed by atoms with van der Waals surface area (Å²) >= 11 is 0. The van der Waals surface area contributed by atoms with Gasteiger partial charge in [-0.25, -0.2) is 4.98 Å². The van der Waals surface area contributed by atoms with Gasteiger partial charge in [0, 0.05) is 30.6 Å². The number of allylic oxidation sites excluding steroid dienone is 2. The van der Waals surface area contributed by atoms with Gasteiger partial charge in [0.25, 0.3) is 0 Å². The Morgan fingerprint density at radius 2 is 2.38 bits per heavy atom. The Bertz CT molecular complexity index is 717. The largest absolute Gasteiger partial charge is 0.373 e. The fraction of sp³-hybridized carbons (Fsp3) is 0.176. The predicted molar refractivity (Wildman–Crippen MR) is 87.7 cm³/mol. The van der Waals surface area contributed by atoms with Gasteiger partial charge in [-0.15, -0.1) is 6.42 Å². The number of aromatic nitrogens is 3. The molecule has 2 aromatic rings. The summed E-state index contributed by atoms with van der Waals surface area (Å²) in [5.74, 6) is 3.33. The van der Waals surface area contributed by atoms with Crippen molar-refractivity contribution in [3.63, 3.8) is 0 Å². The van der Waals surface area contributed by atoms with E-state index in [9.17, 15) is 0 Å². The van der Waals surface area contributed by atoms with Crippen molar-refractivity contribution >= 4 is 11.9 Å². The lowest BCUT2D eigenvalue weighted by molar-refractivity contribution is 0.678. The molecule has 0 aliphatic rings. The quantitative estimate of drug-likeness (QED) is 0.854. The maximum atomic E-state index is 5.27. The molecule has 2 rings (SSSR count). The molecule has 0 unspecified atom stereocenters. The van der Waals surface area contributed by atoms with Crippen LogP contribution in [-0.2, 0) is 6.54 Å². The lowest BCUT2D eigenvalue weighted by Gasteiger charge is -2.08. The van der Waals surface area contributed by atoms with E-state index < -0.39 is 0 Å². The molecule has 0 bridgehead atoms. The van der Waals surface area contributed by atoms with Crippen LogP contribution in [0.5, 0.6) is 0 Å². The van der Waals surface area contributed by atoms with Gasteiger partial charge in [-0.3, -0.25) is 4.68 Å². The van der Waals surface area contributed by atoms with Crippen molar-refractivity contribution in [2.75, 3.05) is 12.4 Å². The molecule has 2 aromatic heterocycles. The molecule has 0 atom stereocenters. The Kier molecular flexibility index (Phi) is 4.57. The van der Waals surface area contributed by atoms with Gasteiger partial charge in [-0.1, -0.05) is 18.6 Å². The maximum Gasteiger partial charge on any atom is 0.133 e. The fourth-order valence-corrected chi connectivity index (χ4v) is 2.16. The zero-order chi connectivity index (χ0) is 15.2. The van der Waals surface area contributed by atoms with Crippen molar-refractivity contribution in [1.29, 1.82) is 0 Å². The zero-order valence-electron chi connectivity index (χ0n) is 12.3. The van der Waals surface area contributed by atoms with Gasteiger partial charge in [0.15, 0.2) is 0 Å². The third-order valence-corrected chi connectivity index (χ3v) is 3.12. The molecule has 0 aromatic carbocycles. The summed E-state index contributed by atoms with van der Waals surface area (Å²) in [5, 5.41) is 7.45. The molecule has 0 spiro atoms. The van der Waals surface area contributed by atoms with Crippen LogP contribution < -0.4 is 5.32 Å². The molecule has 21 heavy (non-hydrogen) atoms. The smallest absolute Gasteiger partial charge is 0.133 e. The van der Waals surface area contributed by atoms with E-state index in [0.717, 1.165) is 28.1 Å². The lowest BCUT2D eigenvalue weighted by atomic mass is 10.0. The minimum absolute atomic E-state index is 0.678. The van der Waals surface area contributed by atoms with Gasteiger partial charge in [0.05, 0.1) is 12.7 Å². The third-order valence-electron chi connectivity index (χ3n) is 3.12. The van der Waals surface area contributed by atoms with E-state index >= 15 is 0 Å². The summed E-state index contributed by atoms with van der Waals surface area (Å²) in [6.07, 6.45) is 14.4. The van der Waals surface area contributed by atoms with Gasteiger partial charge >= 0.3 is 0 Å². The van der Waals surface area contributed by atoms with Gasteiger partial charge in [-0.05, 0) is 30.2 Å². The molecular formula is C17H18N4. The zero-order valence-corrected chi connectivity index (χ0v) is 12.3. The van der Waals surface area contributed by atoms with E-state index in [1.165, 1.54) is 0 Å². The number of terminal acetylenes is 1. The first-order valence-electron chi connectivity index (χ1n) is 6.63. The Morgan fingerprint density at radius 1 is 1.57 bits per heavy atom. The molecule has 0 saturated carbocycles. The number of nitrogens with one attached hydrogen (secondary N) is 1. The van der Waals surface area contributed by atoms with Gasteiger partial charge < -0.3 is 5.32 Å². The van der Waals surface area contributed by atoms with E-state index in [-0.39, 0.29) is 0 Å². The first-order valence-corrected chi connectivity index (χ1v) is 6.63. The molecule has 0 fully saturated rings. The monoisotopic (exact) mass is 278 g/mol. The van der Waals surface area contributed by atoms with E-state index in [1.807, 2.05) is 37.1 Å². The Balaban J connectivity index is 2.36. The number of hydrogen-bond donors (Lipinski definition) is 1. The van der Waals surface area contributed by atoms with Crippen LogP contribution in [-0.4, -0.2) is 21.8 Å². The second-order valence-corrected chi connectivity index (χ2v) is 4.66. The Morgan fingerprint density at radius 3 is 3.05 bits per heavy atom. The Labute approximate surface area is 125 Å². The summed E-state index contributed by atoms with van der Waals surface area (Å²) in [6.45, 7) is 6.53. The van der Waals surface area contributed by atoms with Crippen LogP contribution in [0.1, 0.15) is 12.5 Å². The SMILES string of the molecule is C#C/C=C(\C)Cn1cc(-c2ccnc(NC)c2C=C)cn1. The lowest BCUT2D eigenvalue weighted by Crippen LogP contribution is -1.99. The van der Waals surface area contributed by atoms with E-state index in [4.69, 9.17) is 6.42 Å². The minimum Gasteiger partial charge on any atom is -0.373 e. The van der Waals surface area contributed by atoms with Gasteiger partial charge in [-0.2, -0.15) is 5.10 Å². The summed E-state index contributed by atoms with van der Waals surface area (Å²) in [5.41, 5.74) is 4.13. The average molecular weight is 278 g/mol. The molecule has 0 amide bonds. The molecule has 106 valence electrons. The number of anilines is 1. The summed E-state index contributed by atoms with van der Waals surface area (Å²) in [4.78, 5) is 4.29. The van der Waals surface area contributed by atoms with Crippen molar-refractivity contribution in [2.45, 2.75) is 13.5 Å². The Hall–Kier alpha value is -2.80. The molecule has 4 heteroatoms. The summed E-state index contributed by atoms with van der Waals surface area (Å²) in [7, 11) is 1.84. The number of hydrogen-bond acceptors (Lipinski definition) is 3. The molecule has 0 aliphatic carbocycles. The molecule has 0 saturated heterocycles. The molecular weight excluding hydrogens is 260 g/mol. The maximum absolute atomic E-state index is 5.27. The van der Waals surface area contributed by atoms with Crippen LogP contribution in [0.2, 0.25) is 0 Å². The fourth-order valence-electron chi connectivity index (χ4n) is 2.16. The van der Waals surface area contributed by atoms with Crippen molar-refractivity contribution in [3.8, 4) is 23.5 Å². The second-order valence-electron chi connectivity index (χ2n) is 4.66. The summed E-state index contributed by atoms with van der Waals surface area (Å²) in [6, 6.07) is 1.96. The predicted octanol–water partition coefficient (Wildman–Crippen LogP) is 3.21. The van der Waals surface area contributed by atoms with Crippen LogP contribution >= 0.6 is 0 Å². The highest BCUT2D eigenvalue weighted by Crippen LogP contribution is 2.28. The highest BCUT2D eigenvalue weighted by atomic mass is 15.3. The van der Waals surface area contributed by atoms with Crippen LogP contribution in [0, 0.1) is 12.3 Å². The first kappa shape index (κ1) is 14.6. The van der Waals surface area contributed by atoms with E-state index in [1.54, 1.807) is 18.3 Å². The minimum atomic E-state index is 0.678. The van der Waals surface area contributed by atoms with Crippen molar-refractivity contribution < 1.29 is 0 Å². The average Bonchev–Trinajstić information content (AvgIpc) is 2.94. The molecule has 4 nitrogen and oxygen atoms in total. The number of pyridine rings is 1. The molecule has 2 heterocycles. The standard InChI is InChI=1S/C17H18N4/c1-5-7-13(3)11-21-12-14(10-20-21)16-8-9-19-17(18-4)15(16)6-2/h1,6-10,12H,2,11H2,3-4H3,(H,18,19)/b13-7+. The first-order chi connectivity index (χ1) is 10.2. The topological polar surface area (TPSA) is 42.7 Å². The van der Waals surface area contributed by atoms with Gasteiger partial charge in [0.1, 0.15) is 5.82 Å². The van der Waals surface area contributed by atoms with Crippen molar-refractivity contribution in [2.24, 2.45) is 0 Å². The second kappa shape index (κ2) is 6.58. The van der Waals surface area contributed by atoms with Crippen LogP contribution in [0.25, 0.3) is 17.2 Å². The highest BCUT2D eigenvalue weighted by molar-refractivity contribution is 5.80. The normalized spacial score (nSPS) is 11.0. The molecule has 1 N–H and O–H groups in total. The van der Waals surface area contributed by atoms with E-state index in [2.05, 4.69) is 27.9 Å². The molecule has 0 radical (unpaired) electrons. The van der Waals surface area contributed by atoms with Gasteiger partial charge in [0.2, 0.25) is 0 Å². The third kappa shape index (κ3) is 3.21. The van der Waals surface area contributed by atoms with E-state index in [0.29, 0.717) is 6.54 Å². The summed E-state index contributed by atoms with van der Waals surface area (Å²) < 4.78 is 1.87.